The van der Waals surface area contributed by atoms with Crippen LogP contribution >= 0.6 is 0 Å². The number of carbonyl (C=O) groups excluding carboxylic acids is 2. The van der Waals surface area contributed by atoms with Gasteiger partial charge >= 0.3 is 11.9 Å². The first-order valence-corrected chi connectivity index (χ1v) is 6.27. The second-order valence-corrected chi connectivity index (χ2v) is 4.49. The van der Waals surface area contributed by atoms with E-state index in [4.69, 9.17) is 9.47 Å². The maximum Gasteiger partial charge on any atom is 0.338 e. The minimum absolute atomic E-state index is 0.152. The predicted octanol–water partition coefficient (Wildman–Crippen LogP) is 2.51. The summed E-state index contributed by atoms with van der Waals surface area (Å²) in [7, 11) is 0. The topological polar surface area (TPSA) is 52.6 Å². The van der Waals surface area contributed by atoms with Crippen LogP contribution < -0.4 is 4.74 Å². The number of rotatable bonds is 0. The fourth-order valence-electron chi connectivity index (χ4n) is 2.13. The Bertz CT molecular complexity index is 649. The van der Waals surface area contributed by atoms with Gasteiger partial charge in [-0.3, -0.25) is 4.79 Å². The Morgan fingerprint density at radius 1 is 0.850 bits per heavy atom. The molecule has 2 aliphatic heterocycles. The van der Waals surface area contributed by atoms with Crippen LogP contribution in [0, 0.1) is 0 Å². The van der Waals surface area contributed by atoms with Crippen LogP contribution in [0.1, 0.15) is 21.5 Å². The summed E-state index contributed by atoms with van der Waals surface area (Å²) in [5.74, 6) is 0.365. The van der Waals surface area contributed by atoms with E-state index in [1.54, 1.807) is 12.1 Å². The molecule has 4 heteroatoms. The molecule has 4 nitrogen and oxygen atoms in total. The monoisotopic (exact) mass is 268 g/mol. The smallest absolute Gasteiger partial charge is 0.338 e. The van der Waals surface area contributed by atoms with Gasteiger partial charge in [-0.2, -0.15) is 0 Å². The molecular formula is C16H12O4. The van der Waals surface area contributed by atoms with Crippen molar-refractivity contribution in [1.29, 1.82) is 0 Å². The minimum Gasteiger partial charge on any atom is -0.457 e. The number of carbonyl (C=O) groups is 2. The molecule has 0 bridgehead atoms. The van der Waals surface area contributed by atoms with E-state index in [-0.39, 0.29) is 11.9 Å². The molecule has 0 atom stereocenters. The highest BCUT2D eigenvalue weighted by Gasteiger charge is 2.19. The fraction of sp³-hybridized carbons (Fsp3) is 0.125. The third-order valence-electron chi connectivity index (χ3n) is 3.13. The van der Waals surface area contributed by atoms with Crippen molar-refractivity contribution >= 4 is 11.9 Å². The molecule has 0 aliphatic carbocycles. The van der Waals surface area contributed by atoms with E-state index in [2.05, 4.69) is 0 Å². The van der Waals surface area contributed by atoms with Crippen molar-refractivity contribution in [2.45, 2.75) is 13.0 Å². The molecule has 2 aromatic rings. The number of hydrogen-bond donors (Lipinski definition) is 0. The Morgan fingerprint density at radius 2 is 1.55 bits per heavy atom. The molecule has 4 rings (SSSR count). The van der Waals surface area contributed by atoms with Gasteiger partial charge in [0.05, 0.1) is 12.0 Å². The first-order chi connectivity index (χ1) is 9.74. The van der Waals surface area contributed by atoms with E-state index in [1.807, 2.05) is 36.4 Å². The zero-order valence-electron chi connectivity index (χ0n) is 10.7. The lowest BCUT2D eigenvalue weighted by Gasteiger charge is -1.91. The Balaban J connectivity index is 0.000000121. The van der Waals surface area contributed by atoms with Gasteiger partial charge < -0.3 is 9.47 Å². The second kappa shape index (κ2) is 5.17. The molecule has 0 N–H and O–H groups in total. The van der Waals surface area contributed by atoms with Crippen LogP contribution in [0.5, 0.6) is 5.75 Å². The maximum absolute atomic E-state index is 10.8. The SMILES string of the molecule is O=C1Cc2ccccc2O1.O=C1OCc2ccccc21. The zero-order valence-corrected chi connectivity index (χ0v) is 10.7. The molecule has 0 radical (unpaired) electrons. The summed E-state index contributed by atoms with van der Waals surface area (Å²) < 4.78 is 9.65. The predicted molar refractivity (Wildman–Crippen MR) is 71.3 cm³/mol. The van der Waals surface area contributed by atoms with Crippen molar-refractivity contribution < 1.29 is 19.1 Å². The third-order valence-corrected chi connectivity index (χ3v) is 3.13. The summed E-state index contributed by atoms with van der Waals surface area (Å²) in [6.07, 6.45) is 0.427. The molecule has 100 valence electrons. The molecule has 0 saturated heterocycles. The van der Waals surface area contributed by atoms with E-state index >= 15 is 0 Å². The summed E-state index contributed by atoms with van der Waals surface area (Å²) in [5.41, 5.74) is 2.70. The lowest BCUT2D eigenvalue weighted by Crippen LogP contribution is -1.99. The van der Waals surface area contributed by atoms with Crippen LogP contribution in [0.25, 0.3) is 0 Å². The van der Waals surface area contributed by atoms with E-state index < -0.39 is 0 Å². The van der Waals surface area contributed by atoms with Crippen molar-refractivity contribution in [3.8, 4) is 5.75 Å². The van der Waals surface area contributed by atoms with E-state index in [9.17, 15) is 9.59 Å². The highest BCUT2D eigenvalue weighted by molar-refractivity contribution is 5.93. The van der Waals surface area contributed by atoms with Crippen molar-refractivity contribution in [1.82, 2.24) is 0 Å². The van der Waals surface area contributed by atoms with Gasteiger partial charge in [-0.1, -0.05) is 36.4 Å². The molecule has 0 unspecified atom stereocenters. The molecule has 0 spiro atoms. The van der Waals surface area contributed by atoms with Gasteiger partial charge in [0.15, 0.2) is 0 Å². The lowest BCUT2D eigenvalue weighted by atomic mass is 10.1. The van der Waals surface area contributed by atoms with E-state index in [0.717, 1.165) is 11.1 Å². The van der Waals surface area contributed by atoms with Gasteiger partial charge in [0, 0.05) is 11.1 Å². The van der Waals surface area contributed by atoms with Crippen molar-refractivity contribution in [2.75, 3.05) is 0 Å². The Labute approximate surface area is 115 Å². The largest absolute Gasteiger partial charge is 0.457 e. The van der Waals surface area contributed by atoms with Gasteiger partial charge in [-0.15, -0.1) is 0 Å². The normalized spacial score (nSPS) is 14.6. The zero-order chi connectivity index (χ0) is 13.9. The Hall–Kier alpha value is -2.62. The second-order valence-electron chi connectivity index (χ2n) is 4.49. The summed E-state index contributed by atoms with van der Waals surface area (Å²) in [4.78, 5) is 21.5. The highest BCUT2D eigenvalue weighted by Crippen LogP contribution is 2.24. The summed E-state index contributed by atoms with van der Waals surface area (Å²) in [6, 6.07) is 14.9. The molecule has 0 fully saturated rings. The number of benzene rings is 2. The van der Waals surface area contributed by atoms with Crippen molar-refractivity contribution in [2.24, 2.45) is 0 Å². The third kappa shape index (κ3) is 2.40. The molecule has 20 heavy (non-hydrogen) atoms. The van der Waals surface area contributed by atoms with Gasteiger partial charge in [-0.25, -0.2) is 4.79 Å². The first kappa shape index (κ1) is 12.4. The minimum atomic E-state index is -0.199. The number of cyclic esters (lactones) is 1. The van der Waals surface area contributed by atoms with Gasteiger partial charge in [0.1, 0.15) is 12.4 Å². The molecule has 2 heterocycles. The van der Waals surface area contributed by atoms with Crippen LogP contribution in [0.2, 0.25) is 0 Å². The fourth-order valence-corrected chi connectivity index (χ4v) is 2.13. The number of ether oxygens (including phenoxy) is 2. The van der Waals surface area contributed by atoms with Crippen LogP contribution in [0.4, 0.5) is 0 Å². The van der Waals surface area contributed by atoms with E-state index in [0.29, 0.717) is 24.3 Å². The van der Waals surface area contributed by atoms with Gasteiger partial charge in [0.2, 0.25) is 0 Å². The molecule has 0 amide bonds. The standard InChI is InChI=1S/2C8H6O2/c9-8-7-4-2-1-3-6(7)5-10-8;9-8-5-6-3-1-2-4-7(6)10-8/h2*1-4H,5H2. The first-order valence-electron chi connectivity index (χ1n) is 6.27. The average molecular weight is 268 g/mol. The number of para-hydroxylation sites is 1. The highest BCUT2D eigenvalue weighted by atomic mass is 16.5. The molecular weight excluding hydrogens is 256 g/mol. The quantitative estimate of drug-likeness (QED) is 0.544. The summed E-state index contributed by atoms with van der Waals surface area (Å²) in [5, 5.41) is 0. The average Bonchev–Trinajstić information content (AvgIpc) is 3.02. The Kier molecular flexibility index (Phi) is 3.21. The van der Waals surface area contributed by atoms with Crippen LogP contribution in [-0.4, -0.2) is 11.9 Å². The van der Waals surface area contributed by atoms with E-state index in [1.165, 1.54) is 0 Å². The molecule has 0 saturated carbocycles. The molecule has 0 aromatic heterocycles. The number of fused-ring (bicyclic) bond motifs is 2. The summed E-state index contributed by atoms with van der Waals surface area (Å²) in [6.45, 7) is 0.439. The van der Waals surface area contributed by atoms with Crippen molar-refractivity contribution in [3.63, 3.8) is 0 Å². The van der Waals surface area contributed by atoms with Gasteiger partial charge in [-0.05, 0) is 12.1 Å². The summed E-state index contributed by atoms with van der Waals surface area (Å²) >= 11 is 0. The van der Waals surface area contributed by atoms with Crippen molar-refractivity contribution in [3.05, 3.63) is 65.2 Å². The van der Waals surface area contributed by atoms with Gasteiger partial charge in [0.25, 0.3) is 0 Å². The van der Waals surface area contributed by atoms with Crippen LogP contribution in [0.3, 0.4) is 0 Å². The lowest BCUT2D eigenvalue weighted by molar-refractivity contribution is -0.131. The van der Waals surface area contributed by atoms with Crippen LogP contribution in [0.15, 0.2) is 48.5 Å². The Morgan fingerprint density at radius 3 is 2.30 bits per heavy atom. The maximum atomic E-state index is 10.8. The van der Waals surface area contributed by atoms with Crippen LogP contribution in [-0.2, 0) is 22.6 Å². The molecule has 2 aliphatic rings. The number of esters is 2. The molecule has 2 aromatic carbocycles. The number of hydrogen-bond acceptors (Lipinski definition) is 4.